The van der Waals surface area contributed by atoms with Crippen molar-refractivity contribution in [2.75, 3.05) is 11.9 Å². The van der Waals surface area contributed by atoms with Crippen molar-refractivity contribution < 1.29 is 9.53 Å². The van der Waals surface area contributed by atoms with Gasteiger partial charge >= 0.3 is 0 Å². The van der Waals surface area contributed by atoms with Gasteiger partial charge in [0.1, 0.15) is 5.75 Å². The van der Waals surface area contributed by atoms with Gasteiger partial charge < -0.3 is 10.1 Å². The molecule has 0 aliphatic rings. The first-order chi connectivity index (χ1) is 9.56. The number of halogens is 2. The van der Waals surface area contributed by atoms with Gasteiger partial charge in [0, 0.05) is 10.2 Å². The summed E-state index contributed by atoms with van der Waals surface area (Å²) in [5, 5.41) is 3.26. The summed E-state index contributed by atoms with van der Waals surface area (Å²) < 4.78 is 6.37. The summed E-state index contributed by atoms with van der Waals surface area (Å²) in [5.74, 6) is 0.267. The van der Waals surface area contributed by atoms with Gasteiger partial charge in [0.2, 0.25) is 0 Å². The maximum absolute atomic E-state index is 11.8. The minimum atomic E-state index is -0.230. The lowest BCUT2D eigenvalue weighted by Crippen LogP contribution is -2.20. The summed E-state index contributed by atoms with van der Waals surface area (Å²) in [4.78, 5) is 11.8. The number of anilines is 1. The number of nitrogens with one attached hydrogen (secondary N) is 1. The van der Waals surface area contributed by atoms with E-state index in [4.69, 9.17) is 16.3 Å². The van der Waals surface area contributed by atoms with Crippen LogP contribution in [0.2, 0.25) is 5.02 Å². The molecule has 3 nitrogen and oxygen atoms in total. The molecule has 0 saturated carbocycles. The molecule has 0 aromatic heterocycles. The molecule has 0 aliphatic carbocycles. The van der Waals surface area contributed by atoms with E-state index in [0.717, 1.165) is 15.7 Å². The van der Waals surface area contributed by atoms with Crippen molar-refractivity contribution in [3.05, 3.63) is 57.5 Å². The minimum absolute atomic E-state index is 0.0845. The highest BCUT2D eigenvalue weighted by Gasteiger charge is 2.06. The first kappa shape index (κ1) is 14.9. The van der Waals surface area contributed by atoms with Gasteiger partial charge in [0.15, 0.2) is 6.61 Å². The van der Waals surface area contributed by atoms with Crippen molar-refractivity contribution in [2.45, 2.75) is 6.92 Å². The fourth-order valence-corrected chi connectivity index (χ4v) is 2.06. The molecule has 2 aromatic rings. The van der Waals surface area contributed by atoms with Crippen LogP contribution in [0.3, 0.4) is 0 Å². The molecule has 0 fully saturated rings. The van der Waals surface area contributed by atoms with Crippen LogP contribution in [0.1, 0.15) is 5.56 Å². The summed E-state index contributed by atoms with van der Waals surface area (Å²) in [5.41, 5.74) is 1.79. The first-order valence-corrected chi connectivity index (χ1v) is 7.16. The Morgan fingerprint density at radius 2 is 2.05 bits per heavy atom. The van der Waals surface area contributed by atoms with Crippen molar-refractivity contribution in [3.63, 3.8) is 0 Å². The predicted octanol–water partition coefficient (Wildman–Crippen LogP) is 4.43. The fourth-order valence-electron chi connectivity index (χ4n) is 1.62. The van der Waals surface area contributed by atoms with Crippen molar-refractivity contribution in [1.82, 2.24) is 0 Å². The fraction of sp³-hybridized carbons (Fsp3) is 0.133. The highest BCUT2D eigenvalue weighted by atomic mass is 79.9. The number of hydrogen-bond acceptors (Lipinski definition) is 2. The van der Waals surface area contributed by atoms with Gasteiger partial charge in [-0.15, -0.1) is 0 Å². The van der Waals surface area contributed by atoms with Gasteiger partial charge in [-0.25, -0.2) is 0 Å². The molecule has 0 unspecified atom stereocenters. The van der Waals surface area contributed by atoms with Gasteiger partial charge in [0.25, 0.3) is 5.91 Å². The lowest BCUT2D eigenvalue weighted by molar-refractivity contribution is -0.118. The molecule has 0 aliphatic heterocycles. The van der Waals surface area contributed by atoms with E-state index in [1.54, 1.807) is 24.3 Å². The number of carbonyl (C=O) groups excluding carboxylic acids is 1. The van der Waals surface area contributed by atoms with E-state index in [-0.39, 0.29) is 12.5 Å². The summed E-state index contributed by atoms with van der Waals surface area (Å²) in [6, 6.07) is 12.6. The summed E-state index contributed by atoms with van der Waals surface area (Å²) in [6.45, 7) is 1.87. The molecule has 0 radical (unpaired) electrons. The molecule has 2 aromatic carbocycles. The zero-order chi connectivity index (χ0) is 14.5. The molecule has 0 atom stereocenters. The average molecular weight is 355 g/mol. The largest absolute Gasteiger partial charge is 0.482 e. The highest BCUT2D eigenvalue weighted by molar-refractivity contribution is 9.10. The zero-order valence-electron chi connectivity index (χ0n) is 10.8. The van der Waals surface area contributed by atoms with Gasteiger partial charge in [-0.1, -0.05) is 39.7 Å². The van der Waals surface area contributed by atoms with Crippen LogP contribution in [0.5, 0.6) is 5.75 Å². The van der Waals surface area contributed by atoms with E-state index in [1.165, 1.54) is 0 Å². The third kappa shape index (κ3) is 3.99. The van der Waals surface area contributed by atoms with Crippen LogP contribution in [-0.4, -0.2) is 12.5 Å². The van der Waals surface area contributed by atoms with E-state index in [2.05, 4.69) is 21.2 Å². The Hall–Kier alpha value is -1.52. The third-order valence-electron chi connectivity index (χ3n) is 2.64. The first-order valence-electron chi connectivity index (χ1n) is 5.99. The SMILES string of the molecule is Cc1cc(NC(=O)COc2ccccc2Cl)ccc1Br. The molecule has 0 bridgehead atoms. The Labute approximate surface area is 131 Å². The second kappa shape index (κ2) is 6.77. The number of rotatable bonds is 4. The van der Waals surface area contributed by atoms with E-state index in [1.807, 2.05) is 25.1 Å². The van der Waals surface area contributed by atoms with E-state index >= 15 is 0 Å². The van der Waals surface area contributed by atoms with Crippen molar-refractivity contribution in [1.29, 1.82) is 0 Å². The molecule has 20 heavy (non-hydrogen) atoms. The quantitative estimate of drug-likeness (QED) is 0.882. The van der Waals surface area contributed by atoms with Gasteiger partial charge in [-0.3, -0.25) is 4.79 Å². The van der Waals surface area contributed by atoms with E-state index < -0.39 is 0 Å². The van der Waals surface area contributed by atoms with Crippen LogP contribution in [0.15, 0.2) is 46.9 Å². The third-order valence-corrected chi connectivity index (χ3v) is 3.84. The highest BCUT2D eigenvalue weighted by Crippen LogP contribution is 2.23. The second-order valence-corrected chi connectivity index (χ2v) is 5.49. The average Bonchev–Trinajstić information content (AvgIpc) is 2.42. The number of amides is 1. The van der Waals surface area contributed by atoms with Gasteiger partial charge in [0.05, 0.1) is 5.02 Å². The summed E-state index contributed by atoms with van der Waals surface area (Å²) in [7, 11) is 0. The molecule has 0 spiro atoms. The Morgan fingerprint density at radius 3 is 2.75 bits per heavy atom. The molecule has 0 saturated heterocycles. The maximum Gasteiger partial charge on any atom is 0.262 e. The Bertz CT molecular complexity index is 631. The molecule has 1 amide bonds. The molecule has 0 heterocycles. The Balaban J connectivity index is 1.93. The standard InChI is InChI=1S/C15H13BrClNO2/c1-10-8-11(6-7-12(10)16)18-15(19)9-20-14-5-3-2-4-13(14)17/h2-8H,9H2,1H3,(H,18,19). The number of carbonyl (C=O) groups is 1. The molecular weight excluding hydrogens is 342 g/mol. The second-order valence-electron chi connectivity index (χ2n) is 4.23. The van der Waals surface area contributed by atoms with Crippen molar-refractivity contribution in [3.8, 4) is 5.75 Å². The molecule has 1 N–H and O–H groups in total. The lowest BCUT2D eigenvalue weighted by Gasteiger charge is -2.09. The van der Waals surface area contributed by atoms with Crippen LogP contribution in [-0.2, 0) is 4.79 Å². The number of ether oxygens (including phenoxy) is 1. The van der Waals surface area contributed by atoms with Crippen LogP contribution < -0.4 is 10.1 Å². The predicted molar refractivity (Wildman–Crippen MR) is 84.5 cm³/mol. The zero-order valence-corrected chi connectivity index (χ0v) is 13.2. The van der Waals surface area contributed by atoms with Crippen molar-refractivity contribution >= 4 is 39.1 Å². The minimum Gasteiger partial charge on any atom is -0.482 e. The number of hydrogen-bond donors (Lipinski definition) is 1. The number of aryl methyl sites for hydroxylation is 1. The summed E-state index contributed by atoms with van der Waals surface area (Å²) >= 11 is 9.36. The van der Waals surface area contributed by atoms with Crippen LogP contribution in [0.25, 0.3) is 0 Å². The molecule has 5 heteroatoms. The van der Waals surface area contributed by atoms with Crippen LogP contribution in [0, 0.1) is 6.92 Å². The maximum atomic E-state index is 11.8. The van der Waals surface area contributed by atoms with E-state index in [0.29, 0.717) is 10.8 Å². The number of benzene rings is 2. The van der Waals surface area contributed by atoms with Gasteiger partial charge in [-0.2, -0.15) is 0 Å². The number of para-hydroxylation sites is 1. The lowest BCUT2D eigenvalue weighted by atomic mass is 10.2. The summed E-state index contributed by atoms with van der Waals surface area (Å²) in [6.07, 6.45) is 0. The monoisotopic (exact) mass is 353 g/mol. The Morgan fingerprint density at radius 1 is 1.30 bits per heavy atom. The van der Waals surface area contributed by atoms with Crippen LogP contribution >= 0.6 is 27.5 Å². The molecular formula is C15H13BrClNO2. The van der Waals surface area contributed by atoms with E-state index in [9.17, 15) is 4.79 Å². The molecule has 104 valence electrons. The molecule has 2 rings (SSSR count). The normalized spacial score (nSPS) is 10.2. The van der Waals surface area contributed by atoms with Crippen LogP contribution in [0.4, 0.5) is 5.69 Å². The van der Waals surface area contributed by atoms with Gasteiger partial charge in [-0.05, 0) is 42.8 Å². The topological polar surface area (TPSA) is 38.3 Å². The van der Waals surface area contributed by atoms with Crippen molar-refractivity contribution in [2.24, 2.45) is 0 Å². The smallest absolute Gasteiger partial charge is 0.262 e. The Kier molecular flexibility index (Phi) is 5.04.